The van der Waals surface area contributed by atoms with Crippen LogP contribution in [0.3, 0.4) is 0 Å². The summed E-state index contributed by atoms with van der Waals surface area (Å²) >= 11 is 0. The third-order valence-corrected chi connectivity index (χ3v) is 6.10. The minimum atomic E-state index is -3.40. The molecule has 2 aromatic rings. The quantitative estimate of drug-likeness (QED) is 0.800. The zero-order valence-corrected chi connectivity index (χ0v) is 14.9. The van der Waals surface area contributed by atoms with Gasteiger partial charge in [-0.1, -0.05) is 30.3 Å². The van der Waals surface area contributed by atoms with Gasteiger partial charge in [0.25, 0.3) is 0 Å². The topological polar surface area (TPSA) is 64.4 Å². The molecule has 0 bridgehead atoms. The van der Waals surface area contributed by atoms with E-state index in [1.165, 1.54) is 0 Å². The van der Waals surface area contributed by atoms with Gasteiger partial charge in [-0.15, -0.1) is 0 Å². The monoisotopic (exact) mass is 349 g/mol. The number of methoxy groups -OCH3 is 1. The number of hydrogen-bond acceptors (Lipinski definition) is 4. The van der Waals surface area contributed by atoms with Crippen LogP contribution in [0, 0.1) is 0 Å². The fourth-order valence-electron chi connectivity index (χ4n) is 3.11. The number of fused-ring (bicyclic) bond motifs is 1. The number of ether oxygens (including phenoxy) is 1. The molecule has 0 spiro atoms. The van der Waals surface area contributed by atoms with Crippen LogP contribution in [0.2, 0.25) is 0 Å². The molecular weight excluding hydrogens is 326 g/mol. The summed E-state index contributed by atoms with van der Waals surface area (Å²) in [5, 5.41) is 4.53. The molecule has 0 fully saturated rings. The van der Waals surface area contributed by atoms with Crippen LogP contribution in [0.4, 0.5) is 0 Å². The molecule has 0 N–H and O–H groups in total. The van der Waals surface area contributed by atoms with E-state index in [9.17, 15) is 8.42 Å². The molecule has 130 valence electrons. The Labute approximate surface area is 143 Å². The van der Waals surface area contributed by atoms with E-state index in [-0.39, 0.29) is 11.7 Å². The maximum Gasteiger partial charge on any atom is 0.218 e. The Morgan fingerprint density at radius 3 is 2.71 bits per heavy atom. The molecule has 0 amide bonds. The van der Waals surface area contributed by atoms with Gasteiger partial charge >= 0.3 is 0 Å². The van der Waals surface area contributed by atoms with Gasteiger partial charge in [0.2, 0.25) is 10.0 Å². The zero-order valence-electron chi connectivity index (χ0n) is 14.1. The van der Waals surface area contributed by atoms with Crippen LogP contribution < -0.4 is 0 Å². The molecule has 2 heterocycles. The van der Waals surface area contributed by atoms with E-state index in [0.717, 1.165) is 23.4 Å². The normalized spacial score (nSPS) is 18.5. The Morgan fingerprint density at radius 2 is 2.04 bits per heavy atom. The number of hydrogen-bond donors (Lipinski definition) is 0. The first-order valence-electron chi connectivity index (χ1n) is 8.10. The van der Waals surface area contributed by atoms with Gasteiger partial charge in [-0.05, 0) is 12.5 Å². The third-order valence-electron chi connectivity index (χ3n) is 4.34. The molecule has 1 unspecified atom stereocenters. The highest BCUT2D eigenvalue weighted by molar-refractivity contribution is 7.88. The number of benzene rings is 1. The molecule has 1 aliphatic heterocycles. The molecule has 6 nitrogen and oxygen atoms in total. The fourth-order valence-corrected chi connectivity index (χ4v) is 4.63. The van der Waals surface area contributed by atoms with E-state index in [4.69, 9.17) is 4.74 Å². The lowest BCUT2D eigenvalue weighted by Crippen LogP contribution is -2.39. The molecule has 1 aliphatic rings. The maximum atomic E-state index is 12.8. The van der Waals surface area contributed by atoms with Crippen LogP contribution in [0.15, 0.2) is 36.5 Å². The predicted molar refractivity (Wildman–Crippen MR) is 92.0 cm³/mol. The second kappa shape index (κ2) is 7.04. The van der Waals surface area contributed by atoms with Crippen LogP contribution in [0.5, 0.6) is 0 Å². The molecule has 0 saturated heterocycles. The number of sulfonamides is 1. The van der Waals surface area contributed by atoms with E-state index >= 15 is 0 Å². The maximum absolute atomic E-state index is 12.8. The molecule has 1 atom stereocenters. The number of aromatic nitrogens is 2. The lowest BCUT2D eigenvalue weighted by molar-refractivity contribution is 0.162. The summed E-state index contributed by atoms with van der Waals surface area (Å²) < 4.78 is 34.4. The van der Waals surface area contributed by atoms with Gasteiger partial charge in [0, 0.05) is 37.9 Å². The summed E-state index contributed by atoms with van der Waals surface area (Å²) in [6.07, 6.45) is 2.01. The third kappa shape index (κ3) is 3.53. The van der Waals surface area contributed by atoms with Crippen LogP contribution in [0.1, 0.15) is 29.7 Å². The highest BCUT2D eigenvalue weighted by Crippen LogP contribution is 2.30. The van der Waals surface area contributed by atoms with Gasteiger partial charge < -0.3 is 4.74 Å². The van der Waals surface area contributed by atoms with Crippen molar-refractivity contribution in [2.24, 2.45) is 0 Å². The van der Waals surface area contributed by atoms with Crippen molar-refractivity contribution in [3.05, 3.63) is 53.3 Å². The highest BCUT2D eigenvalue weighted by atomic mass is 32.2. The first-order valence-corrected chi connectivity index (χ1v) is 9.71. The first kappa shape index (κ1) is 17.1. The summed E-state index contributed by atoms with van der Waals surface area (Å²) in [6.45, 7) is 4.04. The highest BCUT2D eigenvalue weighted by Gasteiger charge is 2.34. The number of rotatable bonds is 6. The average molecular weight is 349 g/mol. The van der Waals surface area contributed by atoms with E-state index in [2.05, 4.69) is 5.10 Å². The van der Waals surface area contributed by atoms with Crippen molar-refractivity contribution in [3.8, 4) is 0 Å². The fraction of sp³-hybridized carbons (Fsp3) is 0.471. The molecule has 24 heavy (non-hydrogen) atoms. The van der Waals surface area contributed by atoms with Crippen molar-refractivity contribution in [1.29, 1.82) is 0 Å². The lowest BCUT2D eigenvalue weighted by atomic mass is 9.97. The Bertz CT molecular complexity index is 787. The predicted octanol–water partition coefficient (Wildman–Crippen LogP) is 1.98. The van der Waals surface area contributed by atoms with Gasteiger partial charge in [-0.3, -0.25) is 4.68 Å². The SMILES string of the molecule is CCn1cc2c(n1)CN(S(=O)(=O)Cc1ccccc1)CC2COC. The molecular formula is C17H23N3O3S. The standard InChI is InChI=1S/C17H23N3O3S/c1-3-19-10-16-15(12-23-2)9-20(11-17(16)18-19)24(21,22)13-14-7-5-4-6-8-14/h4-8,10,15H,3,9,11-13H2,1-2H3. The largest absolute Gasteiger partial charge is 0.384 e. The van der Waals surface area contributed by atoms with Crippen LogP contribution >= 0.6 is 0 Å². The Morgan fingerprint density at radius 1 is 1.29 bits per heavy atom. The van der Waals surface area contributed by atoms with Gasteiger partial charge in [0.1, 0.15) is 0 Å². The summed E-state index contributed by atoms with van der Waals surface area (Å²) in [5.41, 5.74) is 2.73. The summed E-state index contributed by atoms with van der Waals surface area (Å²) in [5.74, 6) is 0.0294. The van der Waals surface area contributed by atoms with E-state index in [1.807, 2.05) is 48.1 Å². The number of aryl methyl sites for hydroxylation is 1. The van der Waals surface area contributed by atoms with Crippen LogP contribution in [-0.4, -0.2) is 42.8 Å². The summed E-state index contributed by atoms with van der Waals surface area (Å²) in [6, 6.07) is 9.28. The van der Waals surface area contributed by atoms with Crippen molar-refractivity contribution in [1.82, 2.24) is 14.1 Å². The van der Waals surface area contributed by atoms with Crippen LogP contribution in [-0.2, 0) is 33.6 Å². The second-order valence-corrected chi connectivity index (χ2v) is 8.04. The molecule has 0 saturated carbocycles. The molecule has 0 radical (unpaired) electrons. The molecule has 3 rings (SSSR count). The summed E-state index contributed by atoms with van der Waals surface area (Å²) in [7, 11) is -1.76. The van der Waals surface area contributed by atoms with Crippen molar-refractivity contribution >= 4 is 10.0 Å². The van der Waals surface area contributed by atoms with E-state index in [1.54, 1.807) is 11.4 Å². The van der Waals surface area contributed by atoms with Crippen LogP contribution in [0.25, 0.3) is 0 Å². The van der Waals surface area contributed by atoms with Crippen molar-refractivity contribution in [3.63, 3.8) is 0 Å². The smallest absolute Gasteiger partial charge is 0.218 e. The Kier molecular flexibility index (Phi) is 5.03. The van der Waals surface area contributed by atoms with Gasteiger partial charge in [0.05, 0.1) is 24.6 Å². The average Bonchev–Trinajstić information content (AvgIpc) is 2.99. The van der Waals surface area contributed by atoms with Crippen molar-refractivity contribution in [2.75, 3.05) is 20.3 Å². The van der Waals surface area contributed by atoms with E-state index in [0.29, 0.717) is 19.7 Å². The summed E-state index contributed by atoms with van der Waals surface area (Å²) in [4.78, 5) is 0. The zero-order chi connectivity index (χ0) is 17.2. The minimum Gasteiger partial charge on any atom is -0.384 e. The van der Waals surface area contributed by atoms with Crippen molar-refractivity contribution < 1.29 is 13.2 Å². The number of nitrogens with zero attached hydrogens (tertiary/aromatic N) is 3. The van der Waals surface area contributed by atoms with Gasteiger partial charge in [0.15, 0.2) is 0 Å². The second-order valence-electron chi connectivity index (χ2n) is 6.07. The van der Waals surface area contributed by atoms with Crippen molar-refractivity contribution in [2.45, 2.75) is 31.7 Å². The first-order chi connectivity index (χ1) is 11.5. The molecule has 1 aromatic heterocycles. The van der Waals surface area contributed by atoms with E-state index < -0.39 is 10.0 Å². The molecule has 0 aliphatic carbocycles. The van der Waals surface area contributed by atoms with Gasteiger partial charge in [-0.25, -0.2) is 8.42 Å². The molecule has 7 heteroatoms. The Hall–Kier alpha value is -1.70. The van der Waals surface area contributed by atoms with Gasteiger partial charge in [-0.2, -0.15) is 9.40 Å². The minimum absolute atomic E-state index is 0.0113. The Balaban J connectivity index is 1.86. The molecule has 1 aromatic carbocycles. The lowest BCUT2D eigenvalue weighted by Gasteiger charge is -2.31.